The summed E-state index contributed by atoms with van der Waals surface area (Å²) in [6.07, 6.45) is -0.323. The number of halogens is 1. The number of ether oxygens (including phenoxy) is 3. The Bertz CT molecular complexity index is 662. The Balaban J connectivity index is 0.00000784. The highest BCUT2D eigenvalue weighted by molar-refractivity contribution is 14.0. The van der Waals surface area contributed by atoms with Gasteiger partial charge in [0.05, 0.1) is 13.7 Å². The fraction of sp³-hybridized carbons (Fsp3) is 0.600. The number of hydrogen-bond acceptors (Lipinski definition) is 5. The maximum Gasteiger partial charge on any atom is 0.410 e. The Morgan fingerprint density at radius 2 is 1.90 bits per heavy atom. The molecule has 0 fully saturated rings. The zero-order valence-electron chi connectivity index (χ0n) is 18.5. The van der Waals surface area contributed by atoms with Crippen LogP contribution in [0.25, 0.3) is 0 Å². The number of anilines is 1. The summed E-state index contributed by atoms with van der Waals surface area (Å²) < 4.78 is 16.3. The smallest absolute Gasteiger partial charge is 0.410 e. The van der Waals surface area contributed by atoms with Crippen molar-refractivity contribution in [3.8, 4) is 11.5 Å². The lowest BCUT2D eigenvalue weighted by Crippen LogP contribution is -2.42. The first-order valence-corrected chi connectivity index (χ1v) is 9.50. The summed E-state index contributed by atoms with van der Waals surface area (Å²) in [7, 11) is 3.29. The van der Waals surface area contributed by atoms with Crippen LogP contribution in [0.2, 0.25) is 0 Å². The summed E-state index contributed by atoms with van der Waals surface area (Å²) >= 11 is 0. The average molecular weight is 522 g/mol. The highest BCUT2D eigenvalue weighted by atomic mass is 127. The minimum Gasteiger partial charge on any atom is -0.493 e. The zero-order chi connectivity index (χ0) is 21.2. The van der Waals surface area contributed by atoms with Gasteiger partial charge < -0.3 is 29.7 Å². The Kier molecular flexibility index (Phi) is 12.5. The van der Waals surface area contributed by atoms with Crippen LogP contribution in [0.4, 0.5) is 10.5 Å². The van der Waals surface area contributed by atoms with Crippen LogP contribution in [0.3, 0.4) is 0 Å². The van der Waals surface area contributed by atoms with E-state index in [1.807, 2.05) is 52.8 Å². The van der Waals surface area contributed by atoms with Crippen molar-refractivity contribution in [3.63, 3.8) is 0 Å². The third-order valence-corrected chi connectivity index (χ3v) is 3.66. The van der Waals surface area contributed by atoms with Crippen molar-refractivity contribution in [1.29, 1.82) is 0 Å². The van der Waals surface area contributed by atoms with Crippen LogP contribution in [0.15, 0.2) is 23.2 Å². The quantitative estimate of drug-likeness (QED) is 0.306. The predicted molar refractivity (Wildman–Crippen MR) is 128 cm³/mol. The van der Waals surface area contributed by atoms with Crippen LogP contribution in [-0.2, 0) is 4.74 Å². The summed E-state index contributed by atoms with van der Waals surface area (Å²) in [6, 6.07) is 5.58. The molecule has 2 N–H and O–H groups in total. The molecule has 1 aromatic carbocycles. The normalized spacial score (nSPS) is 11.2. The monoisotopic (exact) mass is 522 g/mol. The van der Waals surface area contributed by atoms with E-state index in [0.29, 0.717) is 43.7 Å². The third-order valence-electron chi connectivity index (χ3n) is 3.66. The van der Waals surface area contributed by atoms with E-state index >= 15 is 0 Å². The number of likely N-dealkylation sites (N-methyl/N-ethyl adjacent to an activating group) is 1. The van der Waals surface area contributed by atoms with Gasteiger partial charge in [-0.15, -0.1) is 24.0 Å². The third kappa shape index (κ3) is 9.91. The van der Waals surface area contributed by atoms with E-state index in [1.165, 1.54) is 0 Å². The van der Waals surface area contributed by atoms with Gasteiger partial charge in [-0.3, -0.25) is 4.99 Å². The maximum atomic E-state index is 12.2. The number of hydrogen-bond donors (Lipinski definition) is 2. The number of methoxy groups -OCH3 is 1. The molecule has 0 unspecified atom stereocenters. The molecule has 0 bridgehead atoms. The van der Waals surface area contributed by atoms with Gasteiger partial charge in [0.15, 0.2) is 17.5 Å². The SMILES string of the molecule is CCOc1ccc(NC(=NC)NCCN(CC)C(=O)OC(C)(C)C)cc1OC.I. The molecule has 0 aliphatic rings. The molecule has 0 atom stereocenters. The van der Waals surface area contributed by atoms with E-state index in [4.69, 9.17) is 14.2 Å². The van der Waals surface area contributed by atoms with Gasteiger partial charge in [0.2, 0.25) is 0 Å². The highest BCUT2D eigenvalue weighted by Gasteiger charge is 2.20. The molecule has 1 aromatic rings. The van der Waals surface area contributed by atoms with E-state index in [9.17, 15) is 4.79 Å². The van der Waals surface area contributed by atoms with Gasteiger partial charge in [-0.25, -0.2) is 4.79 Å². The van der Waals surface area contributed by atoms with Crippen molar-refractivity contribution in [2.24, 2.45) is 4.99 Å². The first-order valence-electron chi connectivity index (χ1n) is 9.50. The second-order valence-electron chi connectivity index (χ2n) is 6.98. The molecule has 0 heterocycles. The van der Waals surface area contributed by atoms with Crippen molar-refractivity contribution in [3.05, 3.63) is 18.2 Å². The molecular weight excluding hydrogens is 487 g/mol. The van der Waals surface area contributed by atoms with Gasteiger partial charge in [-0.1, -0.05) is 0 Å². The molecule has 1 amide bonds. The number of guanidine groups is 1. The second-order valence-corrected chi connectivity index (χ2v) is 6.98. The number of amides is 1. The van der Waals surface area contributed by atoms with Crippen LogP contribution in [0.1, 0.15) is 34.6 Å². The Labute approximate surface area is 191 Å². The van der Waals surface area contributed by atoms with Gasteiger partial charge in [0.1, 0.15) is 5.60 Å². The Morgan fingerprint density at radius 1 is 1.21 bits per heavy atom. The predicted octanol–water partition coefficient (Wildman–Crippen LogP) is 3.96. The van der Waals surface area contributed by atoms with E-state index in [2.05, 4.69) is 15.6 Å². The van der Waals surface area contributed by atoms with Crippen LogP contribution in [0.5, 0.6) is 11.5 Å². The van der Waals surface area contributed by atoms with Gasteiger partial charge in [0, 0.05) is 38.4 Å². The van der Waals surface area contributed by atoms with Gasteiger partial charge in [0.25, 0.3) is 0 Å². The topological polar surface area (TPSA) is 84.4 Å². The molecule has 0 aliphatic carbocycles. The largest absolute Gasteiger partial charge is 0.493 e. The molecule has 0 aliphatic heterocycles. The maximum absolute atomic E-state index is 12.2. The fourth-order valence-corrected chi connectivity index (χ4v) is 2.35. The number of carbonyl (C=O) groups is 1. The van der Waals surface area contributed by atoms with E-state index < -0.39 is 5.60 Å². The van der Waals surface area contributed by atoms with Gasteiger partial charge >= 0.3 is 6.09 Å². The number of aliphatic imine (C=N–C) groups is 1. The lowest BCUT2D eigenvalue weighted by atomic mass is 10.2. The van der Waals surface area contributed by atoms with Crippen molar-refractivity contribution in [2.75, 3.05) is 45.7 Å². The molecule has 0 saturated carbocycles. The molecule has 29 heavy (non-hydrogen) atoms. The van der Waals surface area contributed by atoms with Crippen LogP contribution in [0, 0.1) is 0 Å². The number of rotatable bonds is 8. The number of nitrogens with zero attached hydrogens (tertiary/aromatic N) is 2. The summed E-state index contributed by atoms with van der Waals surface area (Å²) in [5.41, 5.74) is 0.301. The molecule has 0 radical (unpaired) electrons. The number of carbonyl (C=O) groups excluding carboxylic acids is 1. The fourth-order valence-electron chi connectivity index (χ4n) is 2.35. The lowest BCUT2D eigenvalue weighted by Gasteiger charge is -2.26. The van der Waals surface area contributed by atoms with E-state index in [0.717, 1.165) is 5.69 Å². The molecule has 9 heteroatoms. The zero-order valence-corrected chi connectivity index (χ0v) is 20.8. The average Bonchev–Trinajstić information content (AvgIpc) is 2.63. The second kappa shape index (κ2) is 13.3. The Morgan fingerprint density at radius 3 is 2.41 bits per heavy atom. The molecule has 1 rings (SSSR count). The highest BCUT2D eigenvalue weighted by Crippen LogP contribution is 2.30. The summed E-state index contributed by atoms with van der Waals surface area (Å²) in [5.74, 6) is 1.92. The molecule has 0 saturated heterocycles. The van der Waals surface area contributed by atoms with E-state index in [1.54, 1.807) is 19.1 Å². The number of benzene rings is 1. The minimum atomic E-state index is -0.512. The van der Waals surface area contributed by atoms with Crippen LogP contribution >= 0.6 is 24.0 Å². The standard InChI is InChI=1S/C20H34N4O4.HI/c1-8-24(19(25)28-20(3,4)5)13-12-22-18(21-6)23-15-10-11-16(27-9-2)17(14-15)26-7;/h10-11,14H,8-9,12-13H2,1-7H3,(H2,21,22,23);1H. The summed E-state index contributed by atoms with van der Waals surface area (Å²) in [4.78, 5) is 18.0. The van der Waals surface area contributed by atoms with Crippen molar-refractivity contribution in [2.45, 2.75) is 40.2 Å². The molecule has 0 spiro atoms. The van der Waals surface area contributed by atoms with Crippen molar-refractivity contribution in [1.82, 2.24) is 10.2 Å². The van der Waals surface area contributed by atoms with Crippen LogP contribution < -0.4 is 20.1 Å². The molecule has 8 nitrogen and oxygen atoms in total. The summed E-state index contributed by atoms with van der Waals surface area (Å²) in [5, 5.41) is 6.40. The van der Waals surface area contributed by atoms with Gasteiger partial charge in [-0.2, -0.15) is 0 Å². The first-order chi connectivity index (χ1) is 13.2. The van der Waals surface area contributed by atoms with E-state index in [-0.39, 0.29) is 30.1 Å². The van der Waals surface area contributed by atoms with Crippen molar-refractivity contribution < 1.29 is 19.0 Å². The minimum absolute atomic E-state index is 0. The number of nitrogens with one attached hydrogen (secondary N) is 2. The lowest BCUT2D eigenvalue weighted by molar-refractivity contribution is 0.0264. The van der Waals surface area contributed by atoms with Crippen LogP contribution in [-0.4, -0.2) is 63.0 Å². The molecular formula is C20H35IN4O4. The van der Waals surface area contributed by atoms with Crippen molar-refractivity contribution >= 4 is 41.7 Å². The summed E-state index contributed by atoms with van der Waals surface area (Å²) in [6.45, 7) is 11.6. The Hall–Kier alpha value is -1.91. The molecule has 166 valence electrons. The van der Waals surface area contributed by atoms with Gasteiger partial charge in [-0.05, 0) is 46.8 Å². The molecule has 0 aromatic heterocycles. The first kappa shape index (κ1) is 27.1.